The number of aryl methyl sites for hydroxylation is 1. The van der Waals surface area contributed by atoms with Crippen molar-refractivity contribution in [3.8, 4) is 0 Å². The van der Waals surface area contributed by atoms with E-state index in [1.54, 1.807) is 0 Å². The van der Waals surface area contributed by atoms with E-state index in [0.717, 1.165) is 13.0 Å². The topological polar surface area (TPSA) is 46.3 Å². The van der Waals surface area contributed by atoms with Gasteiger partial charge in [-0.3, -0.25) is 4.79 Å². The third kappa shape index (κ3) is 3.48. The first-order chi connectivity index (χ1) is 8.63. The highest BCUT2D eigenvalue weighted by molar-refractivity contribution is 5.85. The lowest BCUT2D eigenvalue weighted by Crippen LogP contribution is -2.35. The zero-order chi connectivity index (χ0) is 13.1. The van der Waals surface area contributed by atoms with Gasteiger partial charge in [-0.05, 0) is 31.4 Å². The van der Waals surface area contributed by atoms with Crippen LogP contribution in [-0.4, -0.2) is 29.9 Å². The summed E-state index contributed by atoms with van der Waals surface area (Å²) in [5.74, 6) is 0.670. The first kappa shape index (κ1) is 16.0. The van der Waals surface area contributed by atoms with Gasteiger partial charge in [0.1, 0.15) is 0 Å². The van der Waals surface area contributed by atoms with E-state index < -0.39 is 0 Å². The van der Waals surface area contributed by atoms with Crippen molar-refractivity contribution in [2.24, 2.45) is 5.73 Å². The molecule has 0 bridgehead atoms. The Morgan fingerprint density at radius 1 is 1.42 bits per heavy atom. The number of nitrogens with two attached hydrogens (primary N) is 1. The van der Waals surface area contributed by atoms with Gasteiger partial charge in [0.05, 0.1) is 0 Å². The smallest absolute Gasteiger partial charge is 0.224 e. The number of likely N-dealkylation sites (tertiary alicyclic amines) is 1. The Morgan fingerprint density at radius 2 is 2.11 bits per heavy atom. The van der Waals surface area contributed by atoms with Gasteiger partial charge in [-0.1, -0.05) is 24.3 Å². The molecule has 2 atom stereocenters. The normalized spacial score (nSPS) is 22.2. The summed E-state index contributed by atoms with van der Waals surface area (Å²) in [5, 5.41) is 0. The van der Waals surface area contributed by atoms with Gasteiger partial charge in [-0.15, -0.1) is 12.4 Å². The fourth-order valence-corrected chi connectivity index (χ4v) is 2.92. The van der Waals surface area contributed by atoms with Crippen LogP contribution < -0.4 is 5.73 Å². The van der Waals surface area contributed by atoms with Gasteiger partial charge < -0.3 is 10.6 Å². The SMILES string of the molecule is Cc1ccccc1C1CC(C)N(C(=O)CCN)C1.Cl. The highest BCUT2D eigenvalue weighted by atomic mass is 35.5. The molecule has 1 amide bonds. The minimum atomic E-state index is 0. The summed E-state index contributed by atoms with van der Waals surface area (Å²) in [6.07, 6.45) is 1.52. The maximum Gasteiger partial charge on any atom is 0.224 e. The quantitative estimate of drug-likeness (QED) is 0.926. The molecule has 1 aliphatic heterocycles. The molecule has 1 aliphatic rings. The second-order valence-electron chi connectivity index (χ2n) is 5.22. The van der Waals surface area contributed by atoms with Crippen LogP contribution in [0.1, 0.15) is 36.8 Å². The van der Waals surface area contributed by atoms with E-state index in [1.165, 1.54) is 11.1 Å². The predicted molar refractivity (Wildman–Crippen MR) is 80.6 cm³/mol. The molecule has 4 heteroatoms. The maximum atomic E-state index is 12.0. The minimum Gasteiger partial charge on any atom is -0.339 e. The summed E-state index contributed by atoms with van der Waals surface area (Å²) < 4.78 is 0. The van der Waals surface area contributed by atoms with Crippen LogP contribution in [-0.2, 0) is 4.79 Å². The summed E-state index contributed by atoms with van der Waals surface area (Å²) in [5.41, 5.74) is 8.17. The first-order valence-corrected chi connectivity index (χ1v) is 6.68. The molecular weight excluding hydrogens is 260 g/mol. The molecule has 0 aromatic heterocycles. The fourth-order valence-electron chi connectivity index (χ4n) is 2.92. The van der Waals surface area contributed by atoms with E-state index in [4.69, 9.17) is 5.73 Å². The van der Waals surface area contributed by atoms with Gasteiger partial charge in [-0.2, -0.15) is 0 Å². The third-order valence-corrected chi connectivity index (χ3v) is 3.88. The number of nitrogens with zero attached hydrogens (tertiary/aromatic N) is 1. The predicted octanol–water partition coefficient (Wildman–Crippen LogP) is 2.47. The van der Waals surface area contributed by atoms with Crippen molar-refractivity contribution >= 4 is 18.3 Å². The van der Waals surface area contributed by atoms with Crippen LogP contribution in [0.15, 0.2) is 24.3 Å². The van der Waals surface area contributed by atoms with E-state index in [0.29, 0.717) is 24.9 Å². The van der Waals surface area contributed by atoms with Crippen molar-refractivity contribution in [1.29, 1.82) is 0 Å². The van der Waals surface area contributed by atoms with E-state index in [-0.39, 0.29) is 18.3 Å². The van der Waals surface area contributed by atoms with Gasteiger partial charge >= 0.3 is 0 Å². The van der Waals surface area contributed by atoms with Crippen molar-refractivity contribution in [2.45, 2.75) is 38.6 Å². The second-order valence-corrected chi connectivity index (χ2v) is 5.22. The standard InChI is InChI=1S/C15H22N2O.ClH/c1-11-5-3-4-6-14(11)13-9-12(2)17(10-13)15(18)7-8-16;/h3-6,12-13H,7-10,16H2,1-2H3;1H. The highest BCUT2D eigenvalue weighted by Gasteiger charge is 2.33. The van der Waals surface area contributed by atoms with Crippen molar-refractivity contribution in [1.82, 2.24) is 4.90 Å². The molecule has 1 aromatic carbocycles. The van der Waals surface area contributed by atoms with Crippen molar-refractivity contribution in [3.05, 3.63) is 35.4 Å². The Morgan fingerprint density at radius 3 is 2.74 bits per heavy atom. The van der Waals surface area contributed by atoms with E-state index in [9.17, 15) is 4.79 Å². The number of amides is 1. The second kappa shape index (κ2) is 6.92. The summed E-state index contributed by atoms with van der Waals surface area (Å²) in [7, 11) is 0. The molecule has 1 aromatic rings. The van der Waals surface area contributed by atoms with Crippen LogP contribution in [0.5, 0.6) is 0 Å². The molecule has 1 fully saturated rings. The maximum absolute atomic E-state index is 12.0. The summed E-state index contributed by atoms with van der Waals surface area (Å²) in [6.45, 7) is 5.55. The average Bonchev–Trinajstić information content (AvgIpc) is 2.72. The molecular formula is C15H23ClN2O. The number of benzene rings is 1. The Bertz CT molecular complexity index is 436. The van der Waals surface area contributed by atoms with Crippen LogP contribution in [0.3, 0.4) is 0 Å². The van der Waals surface area contributed by atoms with Crippen LogP contribution in [0.2, 0.25) is 0 Å². The minimum absolute atomic E-state index is 0. The molecule has 106 valence electrons. The van der Waals surface area contributed by atoms with Gasteiger partial charge in [-0.25, -0.2) is 0 Å². The van der Waals surface area contributed by atoms with Gasteiger partial charge in [0.15, 0.2) is 0 Å². The van der Waals surface area contributed by atoms with Crippen LogP contribution in [0, 0.1) is 6.92 Å². The monoisotopic (exact) mass is 282 g/mol. The van der Waals surface area contributed by atoms with E-state index >= 15 is 0 Å². The number of carbonyl (C=O) groups excluding carboxylic acids is 1. The van der Waals surface area contributed by atoms with Crippen molar-refractivity contribution in [3.63, 3.8) is 0 Å². The molecule has 0 saturated carbocycles. The molecule has 2 rings (SSSR count). The summed E-state index contributed by atoms with van der Waals surface area (Å²) in [6, 6.07) is 8.80. The molecule has 3 nitrogen and oxygen atoms in total. The van der Waals surface area contributed by atoms with Crippen molar-refractivity contribution < 1.29 is 4.79 Å². The molecule has 0 spiro atoms. The number of rotatable bonds is 3. The van der Waals surface area contributed by atoms with Crippen LogP contribution >= 0.6 is 12.4 Å². The Labute approximate surface area is 121 Å². The lowest BCUT2D eigenvalue weighted by molar-refractivity contribution is -0.131. The highest BCUT2D eigenvalue weighted by Crippen LogP contribution is 2.33. The van der Waals surface area contributed by atoms with Crippen molar-refractivity contribution in [2.75, 3.05) is 13.1 Å². The average molecular weight is 283 g/mol. The number of carbonyl (C=O) groups is 1. The zero-order valence-electron chi connectivity index (χ0n) is 11.6. The number of hydrogen-bond donors (Lipinski definition) is 1. The number of halogens is 1. The molecule has 0 aliphatic carbocycles. The molecule has 2 N–H and O–H groups in total. The Balaban J connectivity index is 0.00000180. The van der Waals surface area contributed by atoms with E-state index in [2.05, 4.69) is 38.1 Å². The zero-order valence-corrected chi connectivity index (χ0v) is 12.5. The summed E-state index contributed by atoms with van der Waals surface area (Å²) in [4.78, 5) is 14.0. The number of hydrogen-bond acceptors (Lipinski definition) is 2. The van der Waals surface area contributed by atoms with Gasteiger partial charge in [0.25, 0.3) is 0 Å². The Kier molecular flexibility index (Phi) is 5.83. The molecule has 0 radical (unpaired) electrons. The molecule has 2 unspecified atom stereocenters. The van der Waals surface area contributed by atoms with Gasteiger partial charge in [0.2, 0.25) is 5.91 Å². The fraction of sp³-hybridized carbons (Fsp3) is 0.533. The van der Waals surface area contributed by atoms with Gasteiger partial charge in [0, 0.05) is 31.5 Å². The largest absolute Gasteiger partial charge is 0.339 e. The van der Waals surface area contributed by atoms with Crippen LogP contribution in [0.4, 0.5) is 0 Å². The first-order valence-electron chi connectivity index (χ1n) is 6.68. The lowest BCUT2D eigenvalue weighted by atomic mass is 9.93. The Hall–Kier alpha value is -1.06. The lowest BCUT2D eigenvalue weighted by Gasteiger charge is -2.21. The van der Waals surface area contributed by atoms with E-state index in [1.807, 2.05) is 4.90 Å². The summed E-state index contributed by atoms with van der Waals surface area (Å²) >= 11 is 0. The molecule has 19 heavy (non-hydrogen) atoms. The molecule has 1 heterocycles. The van der Waals surface area contributed by atoms with Crippen LogP contribution in [0.25, 0.3) is 0 Å². The third-order valence-electron chi connectivity index (χ3n) is 3.88. The molecule has 1 saturated heterocycles.